The van der Waals surface area contributed by atoms with Gasteiger partial charge in [-0.25, -0.2) is 4.98 Å². The minimum absolute atomic E-state index is 0.0276. The predicted molar refractivity (Wildman–Crippen MR) is 130 cm³/mol. The van der Waals surface area contributed by atoms with Gasteiger partial charge in [-0.15, -0.1) is 0 Å². The first-order chi connectivity index (χ1) is 15.0. The molecule has 1 heterocycles. The van der Waals surface area contributed by atoms with Crippen LogP contribution in [-0.2, 0) is 0 Å². The molecule has 0 fully saturated rings. The molecule has 0 atom stereocenters. The van der Waals surface area contributed by atoms with Crippen molar-refractivity contribution in [3.05, 3.63) is 65.7 Å². The summed E-state index contributed by atoms with van der Waals surface area (Å²) in [7, 11) is 5.74. The van der Waals surface area contributed by atoms with E-state index >= 15 is 0 Å². The summed E-state index contributed by atoms with van der Waals surface area (Å²) in [5.74, 6) is 0.703. The zero-order valence-corrected chi connectivity index (χ0v) is 19.2. The average Bonchev–Trinajstić information content (AvgIpc) is 3.22. The molecule has 4 aromatic rings. The van der Waals surface area contributed by atoms with Crippen LogP contribution < -0.4 is 9.64 Å². The van der Waals surface area contributed by atoms with Gasteiger partial charge in [0, 0.05) is 12.1 Å². The van der Waals surface area contributed by atoms with Crippen molar-refractivity contribution >= 4 is 43.4 Å². The third-order valence-corrected chi connectivity index (χ3v) is 6.59. The van der Waals surface area contributed by atoms with E-state index in [2.05, 4.69) is 17.9 Å². The van der Waals surface area contributed by atoms with E-state index in [4.69, 9.17) is 9.72 Å². The molecule has 0 N–H and O–H groups in total. The maximum absolute atomic E-state index is 13.6. The molecule has 0 aliphatic rings. The topological polar surface area (TPSA) is 45.7 Å². The number of rotatable bonds is 7. The van der Waals surface area contributed by atoms with Crippen LogP contribution in [0.15, 0.2) is 54.6 Å². The van der Waals surface area contributed by atoms with E-state index in [-0.39, 0.29) is 5.91 Å². The van der Waals surface area contributed by atoms with Crippen LogP contribution in [0.4, 0.5) is 5.13 Å². The Morgan fingerprint density at radius 1 is 1.03 bits per heavy atom. The fraction of sp³-hybridized carbons (Fsp3) is 0.280. The number of anilines is 1. The lowest BCUT2D eigenvalue weighted by Crippen LogP contribution is -2.33. The molecular weight excluding hydrogens is 406 g/mol. The Morgan fingerprint density at radius 3 is 2.55 bits per heavy atom. The number of carbonyl (C=O) groups is 1. The third kappa shape index (κ3) is 4.40. The van der Waals surface area contributed by atoms with Crippen molar-refractivity contribution in [3.8, 4) is 5.75 Å². The van der Waals surface area contributed by atoms with Crippen LogP contribution in [0.2, 0.25) is 0 Å². The summed E-state index contributed by atoms with van der Waals surface area (Å²) in [5, 5.41) is 2.89. The van der Waals surface area contributed by atoms with Crippen LogP contribution >= 0.6 is 11.3 Å². The maximum Gasteiger partial charge on any atom is 0.260 e. The molecule has 6 heteroatoms. The highest BCUT2D eigenvalue weighted by atomic mass is 32.1. The van der Waals surface area contributed by atoms with Crippen LogP contribution in [0.5, 0.6) is 5.75 Å². The molecule has 1 aromatic heterocycles. The SMILES string of the molecule is COc1ccc(C)c2sc(N(CCCN(C)C)C(=O)c3ccc4ccccc4c3)nc12. The number of fused-ring (bicyclic) bond motifs is 2. The van der Waals surface area contributed by atoms with Gasteiger partial charge in [0.2, 0.25) is 0 Å². The number of aromatic nitrogens is 1. The van der Waals surface area contributed by atoms with Crippen molar-refractivity contribution in [2.45, 2.75) is 13.3 Å². The number of aryl methyl sites for hydroxylation is 1. The number of carbonyl (C=O) groups excluding carboxylic acids is 1. The Morgan fingerprint density at radius 2 is 1.81 bits per heavy atom. The summed E-state index contributed by atoms with van der Waals surface area (Å²) in [6.45, 7) is 3.56. The molecule has 0 saturated carbocycles. The van der Waals surface area contributed by atoms with Crippen molar-refractivity contribution in [1.82, 2.24) is 9.88 Å². The lowest BCUT2D eigenvalue weighted by atomic mass is 10.1. The van der Waals surface area contributed by atoms with Gasteiger partial charge in [-0.2, -0.15) is 0 Å². The van der Waals surface area contributed by atoms with Crippen LogP contribution in [0.25, 0.3) is 21.0 Å². The Kier molecular flexibility index (Phi) is 6.20. The highest BCUT2D eigenvalue weighted by Gasteiger charge is 2.23. The number of hydrogen-bond donors (Lipinski definition) is 0. The number of benzene rings is 3. The number of nitrogens with zero attached hydrogens (tertiary/aromatic N) is 3. The van der Waals surface area contributed by atoms with Crippen molar-refractivity contribution in [2.75, 3.05) is 39.2 Å². The van der Waals surface area contributed by atoms with Gasteiger partial charge >= 0.3 is 0 Å². The van der Waals surface area contributed by atoms with E-state index < -0.39 is 0 Å². The molecule has 0 unspecified atom stereocenters. The minimum Gasteiger partial charge on any atom is -0.494 e. The fourth-order valence-electron chi connectivity index (χ4n) is 3.69. The first-order valence-electron chi connectivity index (χ1n) is 10.4. The summed E-state index contributed by atoms with van der Waals surface area (Å²) in [4.78, 5) is 22.4. The van der Waals surface area contributed by atoms with Gasteiger partial charge < -0.3 is 9.64 Å². The lowest BCUT2D eigenvalue weighted by Gasteiger charge is -2.21. The largest absolute Gasteiger partial charge is 0.494 e. The van der Waals surface area contributed by atoms with Crippen molar-refractivity contribution in [2.24, 2.45) is 0 Å². The first kappa shape index (κ1) is 21.3. The molecule has 3 aromatic carbocycles. The normalized spacial score (nSPS) is 11.4. The molecule has 160 valence electrons. The van der Waals surface area contributed by atoms with Gasteiger partial charge in [0.1, 0.15) is 11.3 Å². The highest BCUT2D eigenvalue weighted by molar-refractivity contribution is 7.22. The van der Waals surface area contributed by atoms with Gasteiger partial charge in [-0.3, -0.25) is 9.69 Å². The molecule has 1 amide bonds. The molecule has 0 aliphatic carbocycles. The van der Waals surface area contributed by atoms with E-state index in [1.54, 1.807) is 18.4 Å². The molecule has 0 radical (unpaired) electrons. The van der Waals surface area contributed by atoms with Crippen LogP contribution in [-0.4, -0.2) is 50.1 Å². The Balaban J connectivity index is 1.75. The van der Waals surface area contributed by atoms with Gasteiger partial charge in [0.05, 0.1) is 11.8 Å². The molecule has 31 heavy (non-hydrogen) atoms. The van der Waals surface area contributed by atoms with E-state index in [9.17, 15) is 4.79 Å². The van der Waals surface area contributed by atoms with Gasteiger partial charge in [0.15, 0.2) is 5.13 Å². The van der Waals surface area contributed by atoms with Crippen LogP contribution in [0.3, 0.4) is 0 Å². The number of amides is 1. The second-order valence-corrected chi connectivity index (χ2v) is 8.91. The Hall–Kier alpha value is -2.96. The summed E-state index contributed by atoms with van der Waals surface area (Å²) in [5.41, 5.74) is 2.61. The van der Waals surface area contributed by atoms with Crippen molar-refractivity contribution < 1.29 is 9.53 Å². The highest BCUT2D eigenvalue weighted by Crippen LogP contribution is 2.37. The number of methoxy groups -OCH3 is 1. The van der Waals surface area contributed by atoms with Crippen molar-refractivity contribution in [1.29, 1.82) is 0 Å². The summed E-state index contributed by atoms with van der Waals surface area (Å²) >= 11 is 1.55. The third-order valence-electron chi connectivity index (χ3n) is 5.37. The smallest absolute Gasteiger partial charge is 0.260 e. The average molecular weight is 434 g/mol. The van der Waals surface area contributed by atoms with Crippen LogP contribution in [0, 0.1) is 6.92 Å². The van der Waals surface area contributed by atoms with E-state index in [0.717, 1.165) is 45.3 Å². The van der Waals surface area contributed by atoms with E-state index in [0.29, 0.717) is 17.2 Å². The number of ether oxygens (including phenoxy) is 1. The van der Waals surface area contributed by atoms with Gasteiger partial charge in [0.25, 0.3) is 5.91 Å². The zero-order valence-electron chi connectivity index (χ0n) is 18.4. The Labute approximate surface area is 186 Å². The standard InChI is InChI=1S/C25H27N3O2S/c1-17-10-13-21(30-4)22-23(17)31-25(26-22)28(15-7-14-27(2)3)24(29)20-12-11-18-8-5-6-9-19(18)16-20/h5-6,8-13,16H,7,14-15H2,1-4H3. The molecule has 5 nitrogen and oxygen atoms in total. The van der Waals surface area contributed by atoms with Crippen LogP contribution in [0.1, 0.15) is 22.3 Å². The maximum atomic E-state index is 13.6. The number of hydrogen-bond acceptors (Lipinski definition) is 5. The molecule has 0 bridgehead atoms. The van der Waals surface area contributed by atoms with Gasteiger partial charge in [-0.1, -0.05) is 47.7 Å². The molecule has 4 rings (SSSR count). The summed E-state index contributed by atoms with van der Waals surface area (Å²) in [6, 6.07) is 17.9. The van der Waals surface area contributed by atoms with Crippen molar-refractivity contribution in [3.63, 3.8) is 0 Å². The van der Waals surface area contributed by atoms with Gasteiger partial charge in [-0.05, 0) is 68.5 Å². The second kappa shape index (κ2) is 9.04. The number of thiazole rings is 1. The quantitative estimate of drug-likeness (QED) is 0.393. The molecule has 0 saturated heterocycles. The summed E-state index contributed by atoms with van der Waals surface area (Å²) < 4.78 is 6.57. The predicted octanol–water partition coefficient (Wildman–Crippen LogP) is 5.37. The Bertz CT molecular complexity index is 1230. The lowest BCUT2D eigenvalue weighted by molar-refractivity contribution is 0.0986. The molecular formula is C25H27N3O2S. The zero-order chi connectivity index (χ0) is 22.0. The molecule has 0 aliphatic heterocycles. The van der Waals surface area contributed by atoms with E-state index in [1.165, 1.54) is 0 Å². The fourth-order valence-corrected chi connectivity index (χ4v) is 4.76. The van der Waals surface area contributed by atoms with E-state index in [1.807, 2.05) is 67.5 Å². The second-order valence-electron chi connectivity index (χ2n) is 7.93. The minimum atomic E-state index is -0.0276. The monoisotopic (exact) mass is 433 g/mol. The first-order valence-corrected chi connectivity index (χ1v) is 11.2. The summed E-state index contributed by atoms with van der Waals surface area (Å²) in [6.07, 6.45) is 0.859. The molecule has 0 spiro atoms.